The van der Waals surface area contributed by atoms with Crippen molar-refractivity contribution in [1.82, 2.24) is 0 Å². The van der Waals surface area contributed by atoms with Crippen LogP contribution in [-0.4, -0.2) is 11.1 Å². The number of thiophene rings is 1. The summed E-state index contributed by atoms with van der Waals surface area (Å²) < 4.78 is 25.4. The highest BCUT2D eigenvalue weighted by atomic mass is 32.1. The van der Waals surface area contributed by atoms with E-state index in [2.05, 4.69) is 0 Å². The second kappa shape index (κ2) is 2.82. The Morgan fingerprint density at radius 3 is 2.58 bits per heavy atom. The Balaban J connectivity index is 3.05. The molecule has 0 fully saturated rings. The van der Waals surface area contributed by atoms with Crippen LogP contribution >= 0.6 is 11.3 Å². The largest absolute Gasteiger partial charge is 0.477 e. The lowest BCUT2D eigenvalue weighted by molar-refractivity contribution is -0.166. The molecule has 1 aromatic rings. The van der Waals surface area contributed by atoms with Crippen LogP contribution in [0.3, 0.4) is 0 Å². The molecule has 2 nitrogen and oxygen atoms in total. The van der Waals surface area contributed by atoms with E-state index < -0.39 is 17.5 Å². The summed E-state index contributed by atoms with van der Waals surface area (Å²) in [6, 6.07) is 1.18. The Labute approximate surface area is 71.5 Å². The van der Waals surface area contributed by atoms with Crippen molar-refractivity contribution >= 4 is 17.3 Å². The first-order valence-corrected chi connectivity index (χ1v) is 3.99. The van der Waals surface area contributed by atoms with E-state index in [1.54, 1.807) is 6.92 Å². The number of carbonyl (C=O) groups is 1. The van der Waals surface area contributed by atoms with Crippen LogP contribution in [0.5, 0.6) is 0 Å². The van der Waals surface area contributed by atoms with Gasteiger partial charge in [0, 0.05) is 15.8 Å². The van der Waals surface area contributed by atoms with E-state index in [1.807, 2.05) is 0 Å². The topological polar surface area (TPSA) is 37.3 Å². The van der Waals surface area contributed by atoms with Crippen molar-refractivity contribution in [3.63, 3.8) is 0 Å². The van der Waals surface area contributed by atoms with E-state index >= 15 is 0 Å². The highest BCUT2D eigenvalue weighted by Crippen LogP contribution is 2.31. The molecule has 0 aliphatic rings. The van der Waals surface area contributed by atoms with Gasteiger partial charge >= 0.3 is 11.9 Å². The van der Waals surface area contributed by atoms with Gasteiger partial charge < -0.3 is 5.11 Å². The Morgan fingerprint density at radius 2 is 2.25 bits per heavy atom. The number of aliphatic carboxylic acids is 1. The third kappa shape index (κ3) is 1.45. The first kappa shape index (κ1) is 9.12. The fraction of sp³-hybridized carbons (Fsp3) is 0.286. The van der Waals surface area contributed by atoms with Gasteiger partial charge in [0.2, 0.25) is 0 Å². The van der Waals surface area contributed by atoms with Gasteiger partial charge in [-0.15, -0.1) is 11.3 Å². The smallest absolute Gasteiger partial charge is 0.379 e. The zero-order chi connectivity index (χ0) is 9.35. The first-order valence-electron chi connectivity index (χ1n) is 3.11. The fourth-order valence-corrected chi connectivity index (χ4v) is 1.46. The highest BCUT2D eigenvalue weighted by Gasteiger charge is 2.41. The van der Waals surface area contributed by atoms with E-state index in [4.69, 9.17) is 5.11 Å². The van der Waals surface area contributed by atoms with Crippen LogP contribution in [0.1, 0.15) is 10.4 Å². The maximum atomic E-state index is 12.7. The number of hydrogen-bond donors (Lipinski definition) is 1. The molecule has 12 heavy (non-hydrogen) atoms. The van der Waals surface area contributed by atoms with Crippen molar-refractivity contribution in [1.29, 1.82) is 0 Å². The van der Waals surface area contributed by atoms with Crippen LogP contribution in [0.2, 0.25) is 0 Å². The minimum atomic E-state index is -3.76. The van der Waals surface area contributed by atoms with Crippen LogP contribution in [0.25, 0.3) is 0 Å². The van der Waals surface area contributed by atoms with Crippen molar-refractivity contribution in [3.05, 3.63) is 21.9 Å². The molecule has 1 N–H and O–H groups in total. The third-order valence-electron chi connectivity index (χ3n) is 1.36. The summed E-state index contributed by atoms with van der Waals surface area (Å²) in [5.74, 6) is -5.87. The lowest BCUT2D eigenvalue weighted by Crippen LogP contribution is -2.24. The molecular weight excluding hydrogens is 186 g/mol. The number of carboxylic acid groups (broad SMARTS) is 1. The first-order chi connectivity index (χ1) is 5.44. The molecule has 0 bridgehead atoms. The van der Waals surface area contributed by atoms with Gasteiger partial charge in [0.05, 0.1) is 0 Å². The fourth-order valence-electron chi connectivity index (χ4n) is 0.732. The molecular formula is C7H6F2O2S. The predicted octanol–water partition coefficient (Wildman–Crippen LogP) is 2.23. The van der Waals surface area contributed by atoms with Crippen molar-refractivity contribution in [3.8, 4) is 0 Å². The normalized spacial score (nSPS) is 11.6. The monoisotopic (exact) mass is 192 g/mol. The molecule has 0 atom stereocenters. The number of hydrogen-bond acceptors (Lipinski definition) is 2. The summed E-state index contributed by atoms with van der Waals surface area (Å²) in [5, 5.41) is 9.31. The number of halogens is 2. The van der Waals surface area contributed by atoms with Crippen molar-refractivity contribution in [2.24, 2.45) is 0 Å². The van der Waals surface area contributed by atoms with Crippen LogP contribution in [0.15, 0.2) is 11.4 Å². The molecule has 0 unspecified atom stereocenters. The van der Waals surface area contributed by atoms with Crippen molar-refractivity contribution in [2.45, 2.75) is 12.8 Å². The summed E-state index contributed by atoms with van der Waals surface area (Å²) in [4.78, 5) is 10.8. The molecule has 1 rings (SSSR count). The summed E-state index contributed by atoms with van der Waals surface area (Å²) in [5.41, 5.74) is -0.447. The van der Waals surface area contributed by atoms with Crippen LogP contribution < -0.4 is 0 Å². The second-order valence-corrected chi connectivity index (χ2v) is 3.44. The molecule has 1 aromatic heterocycles. The van der Waals surface area contributed by atoms with Gasteiger partial charge in [0.1, 0.15) is 0 Å². The number of rotatable bonds is 2. The lowest BCUT2D eigenvalue weighted by Gasteiger charge is -2.07. The third-order valence-corrected chi connectivity index (χ3v) is 2.22. The van der Waals surface area contributed by atoms with Crippen molar-refractivity contribution in [2.75, 3.05) is 0 Å². The summed E-state index contributed by atoms with van der Waals surface area (Å²) >= 11 is 1.11. The average molecular weight is 192 g/mol. The highest BCUT2D eigenvalue weighted by molar-refractivity contribution is 7.10. The van der Waals surface area contributed by atoms with Gasteiger partial charge in [0.25, 0.3) is 0 Å². The van der Waals surface area contributed by atoms with E-state index in [-0.39, 0.29) is 0 Å². The summed E-state index contributed by atoms with van der Waals surface area (Å²) in [6.07, 6.45) is 0. The minimum absolute atomic E-state index is 0.447. The molecule has 1 heterocycles. The molecule has 66 valence electrons. The van der Waals surface area contributed by atoms with E-state index in [1.165, 1.54) is 6.07 Å². The Bertz CT molecular complexity index is 306. The SMILES string of the molecule is Cc1cc(C(F)(F)C(=O)O)cs1. The molecule has 0 aromatic carbocycles. The molecule has 0 saturated heterocycles. The summed E-state index contributed by atoms with van der Waals surface area (Å²) in [6.45, 7) is 1.64. The Hall–Kier alpha value is -0.970. The van der Waals surface area contributed by atoms with Gasteiger partial charge in [-0.25, -0.2) is 4.79 Å². The zero-order valence-electron chi connectivity index (χ0n) is 6.17. The number of alkyl halides is 2. The van der Waals surface area contributed by atoms with Crippen molar-refractivity contribution < 1.29 is 18.7 Å². The number of aryl methyl sites for hydroxylation is 1. The van der Waals surface area contributed by atoms with Gasteiger partial charge in [0.15, 0.2) is 0 Å². The maximum absolute atomic E-state index is 12.7. The van der Waals surface area contributed by atoms with Gasteiger partial charge in [-0.05, 0) is 13.0 Å². The van der Waals surface area contributed by atoms with Crippen LogP contribution in [0, 0.1) is 6.92 Å². The van der Waals surface area contributed by atoms with Crippen LogP contribution in [-0.2, 0) is 10.7 Å². The van der Waals surface area contributed by atoms with Crippen LogP contribution in [0.4, 0.5) is 8.78 Å². The quantitative estimate of drug-likeness (QED) is 0.780. The Kier molecular flexibility index (Phi) is 2.14. The molecule has 0 spiro atoms. The van der Waals surface area contributed by atoms with Gasteiger partial charge in [-0.2, -0.15) is 8.78 Å². The molecule has 0 saturated carbocycles. The van der Waals surface area contributed by atoms with Gasteiger partial charge in [-0.3, -0.25) is 0 Å². The predicted molar refractivity (Wildman–Crippen MR) is 40.6 cm³/mol. The molecule has 0 aliphatic heterocycles. The standard InChI is InChI=1S/C7H6F2O2S/c1-4-2-5(3-12-4)7(8,9)6(10)11/h2-3H,1H3,(H,10,11). The van der Waals surface area contributed by atoms with E-state index in [0.717, 1.165) is 16.7 Å². The summed E-state index contributed by atoms with van der Waals surface area (Å²) in [7, 11) is 0. The number of carboxylic acids is 1. The van der Waals surface area contributed by atoms with Gasteiger partial charge in [-0.1, -0.05) is 0 Å². The molecule has 0 radical (unpaired) electrons. The molecule has 5 heteroatoms. The minimum Gasteiger partial charge on any atom is -0.477 e. The lowest BCUT2D eigenvalue weighted by atomic mass is 10.2. The van der Waals surface area contributed by atoms with E-state index in [9.17, 15) is 13.6 Å². The maximum Gasteiger partial charge on any atom is 0.379 e. The average Bonchev–Trinajstić information content (AvgIpc) is 2.35. The Morgan fingerprint density at radius 1 is 1.67 bits per heavy atom. The zero-order valence-corrected chi connectivity index (χ0v) is 6.99. The molecule has 0 aliphatic carbocycles. The van der Waals surface area contributed by atoms with E-state index in [0.29, 0.717) is 4.88 Å². The second-order valence-electron chi connectivity index (χ2n) is 2.33. The molecule has 0 amide bonds.